The van der Waals surface area contributed by atoms with E-state index in [0.29, 0.717) is 4.80 Å². The Labute approximate surface area is 168 Å². The van der Waals surface area contributed by atoms with Crippen molar-refractivity contribution >= 4 is 37.3 Å². The van der Waals surface area contributed by atoms with Crippen molar-refractivity contribution in [2.75, 3.05) is 6.26 Å². The largest absolute Gasteiger partial charge is 0.305 e. The molecule has 1 aromatic heterocycles. The fourth-order valence-electron chi connectivity index (χ4n) is 2.97. The van der Waals surface area contributed by atoms with Gasteiger partial charge in [0.25, 0.3) is 5.91 Å². The molecule has 0 aliphatic carbocycles. The molecule has 0 spiro atoms. The number of carbonyl (C=O) groups excluding carboxylic acids is 1. The van der Waals surface area contributed by atoms with Crippen molar-refractivity contribution in [3.8, 4) is 12.3 Å². The summed E-state index contributed by atoms with van der Waals surface area (Å²) in [5.41, 5.74) is 3.88. The number of hydrogen-bond donors (Lipinski definition) is 0. The highest BCUT2D eigenvalue weighted by Crippen LogP contribution is 2.22. The highest BCUT2D eigenvalue weighted by Gasteiger charge is 2.13. The molecule has 0 saturated carbocycles. The number of aromatic nitrogens is 1. The summed E-state index contributed by atoms with van der Waals surface area (Å²) >= 11 is 1.26. The SMILES string of the molecule is C#CCn1c(=NC(=O)Cc2ccc(C)cc2C)sc2cc(S(C)(=O)=O)ccc21. The standard InChI is InChI=1S/C21H20N2O3S2/c1-5-10-23-18-9-8-17(28(4,25)26)13-19(18)27-21(23)22-20(24)12-16-7-6-14(2)11-15(16)3/h1,6-9,11,13H,10,12H2,2-4H3. The zero-order chi connectivity index (χ0) is 20.5. The number of hydrogen-bond acceptors (Lipinski definition) is 4. The van der Waals surface area contributed by atoms with Crippen LogP contribution in [0.5, 0.6) is 0 Å². The molecule has 0 atom stereocenters. The first kappa shape index (κ1) is 20.1. The molecule has 3 aromatic rings. The van der Waals surface area contributed by atoms with E-state index in [9.17, 15) is 13.2 Å². The summed E-state index contributed by atoms with van der Waals surface area (Å²) < 4.78 is 26.1. The molecule has 28 heavy (non-hydrogen) atoms. The van der Waals surface area contributed by atoms with Gasteiger partial charge < -0.3 is 4.57 Å². The molecular formula is C21H20N2O3S2. The zero-order valence-corrected chi connectivity index (χ0v) is 17.5. The monoisotopic (exact) mass is 412 g/mol. The first-order chi connectivity index (χ1) is 13.2. The fraction of sp³-hybridized carbons (Fsp3) is 0.238. The smallest absolute Gasteiger partial charge is 0.252 e. The molecule has 1 amide bonds. The number of terminal acetylenes is 1. The highest BCUT2D eigenvalue weighted by molar-refractivity contribution is 7.90. The Bertz CT molecular complexity index is 1290. The van der Waals surface area contributed by atoms with Crippen LogP contribution in [0.1, 0.15) is 16.7 Å². The lowest BCUT2D eigenvalue weighted by atomic mass is 10.0. The molecule has 7 heteroatoms. The molecular weight excluding hydrogens is 392 g/mol. The van der Waals surface area contributed by atoms with Gasteiger partial charge in [-0.25, -0.2) is 8.42 Å². The van der Waals surface area contributed by atoms with Crippen molar-refractivity contribution in [1.29, 1.82) is 0 Å². The molecule has 0 bridgehead atoms. The number of carbonyl (C=O) groups is 1. The van der Waals surface area contributed by atoms with Crippen molar-refractivity contribution in [1.82, 2.24) is 4.57 Å². The highest BCUT2D eigenvalue weighted by atomic mass is 32.2. The fourth-order valence-corrected chi connectivity index (χ4v) is 4.77. The first-order valence-electron chi connectivity index (χ1n) is 8.59. The number of sulfone groups is 1. The number of benzene rings is 2. The van der Waals surface area contributed by atoms with Gasteiger partial charge in [-0.15, -0.1) is 6.42 Å². The van der Waals surface area contributed by atoms with Crippen molar-refractivity contribution in [3.63, 3.8) is 0 Å². The Hall–Kier alpha value is -2.69. The normalized spacial score (nSPS) is 12.3. The molecule has 0 radical (unpaired) electrons. The van der Waals surface area contributed by atoms with Gasteiger partial charge >= 0.3 is 0 Å². The van der Waals surface area contributed by atoms with Crippen LogP contribution in [0.4, 0.5) is 0 Å². The van der Waals surface area contributed by atoms with Crippen LogP contribution < -0.4 is 4.80 Å². The van der Waals surface area contributed by atoms with Crippen LogP contribution in [0.2, 0.25) is 0 Å². The topological polar surface area (TPSA) is 68.5 Å². The van der Waals surface area contributed by atoms with Crippen molar-refractivity contribution in [2.24, 2.45) is 4.99 Å². The minimum atomic E-state index is -3.32. The van der Waals surface area contributed by atoms with Crippen molar-refractivity contribution < 1.29 is 13.2 Å². The van der Waals surface area contributed by atoms with Gasteiger partial charge in [-0.2, -0.15) is 4.99 Å². The summed E-state index contributed by atoms with van der Waals surface area (Å²) in [4.78, 5) is 17.5. The minimum absolute atomic E-state index is 0.199. The first-order valence-corrected chi connectivity index (χ1v) is 11.3. The molecule has 0 aliphatic heterocycles. The summed E-state index contributed by atoms with van der Waals surface area (Å²) in [6.45, 7) is 4.22. The zero-order valence-electron chi connectivity index (χ0n) is 15.9. The van der Waals surface area contributed by atoms with E-state index in [1.807, 2.05) is 32.0 Å². The Kier molecular flexibility index (Phi) is 5.54. The van der Waals surface area contributed by atoms with E-state index in [1.165, 1.54) is 11.3 Å². The van der Waals surface area contributed by atoms with Crippen LogP contribution in [-0.4, -0.2) is 25.1 Å². The number of amides is 1. The van der Waals surface area contributed by atoms with Crippen molar-refractivity contribution in [2.45, 2.75) is 31.7 Å². The molecule has 0 saturated heterocycles. The summed E-state index contributed by atoms with van der Waals surface area (Å²) in [5, 5.41) is 0. The van der Waals surface area contributed by atoms with Gasteiger partial charge in [-0.1, -0.05) is 41.0 Å². The lowest BCUT2D eigenvalue weighted by Crippen LogP contribution is -2.17. The van der Waals surface area contributed by atoms with Gasteiger partial charge in [0.15, 0.2) is 14.6 Å². The molecule has 5 nitrogen and oxygen atoms in total. The van der Waals surface area contributed by atoms with Crippen LogP contribution in [0.3, 0.4) is 0 Å². The number of nitrogens with zero attached hydrogens (tertiary/aromatic N) is 2. The van der Waals surface area contributed by atoms with Gasteiger partial charge in [0.05, 0.1) is 28.1 Å². The van der Waals surface area contributed by atoms with Crippen LogP contribution in [0.15, 0.2) is 46.3 Å². The van der Waals surface area contributed by atoms with Crippen LogP contribution >= 0.6 is 11.3 Å². The van der Waals surface area contributed by atoms with Gasteiger partial charge in [0.2, 0.25) is 0 Å². The third kappa shape index (κ3) is 4.24. The number of thiazole rings is 1. The molecule has 0 N–H and O–H groups in total. The maximum atomic E-state index is 12.6. The van der Waals surface area contributed by atoms with E-state index in [4.69, 9.17) is 6.42 Å². The quantitative estimate of drug-likeness (QED) is 0.619. The Balaban J connectivity index is 2.06. The molecule has 2 aromatic carbocycles. The van der Waals surface area contributed by atoms with E-state index in [0.717, 1.165) is 33.2 Å². The maximum absolute atomic E-state index is 12.6. The van der Waals surface area contributed by atoms with E-state index in [-0.39, 0.29) is 23.8 Å². The molecule has 144 valence electrons. The summed E-state index contributed by atoms with van der Waals surface area (Å²) in [7, 11) is -3.32. The third-order valence-corrected chi connectivity index (χ3v) is 6.54. The number of fused-ring (bicyclic) bond motifs is 1. The van der Waals surface area contributed by atoms with Gasteiger partial charge in [0, 0.05) is 6.26 Å². The second-order valence-corrected chi connectivity index (χ2v) is 9.71. The molecule has 0 fully saturated rings. The Morgan fingerprint density at radius 3 is 2.61 bits per heavy atom. The van der Waals surface area contributed by atoms with Gasteiger partial charge in [-0.05, 0) is 43.2 Å². The lowest BCUT2D eigenvalue weighted by molar-refractivity contribution is -0.117. The van der Waals surface area contributed by atoms with E-state index in [1.54, 1.807) is 22.8 Å². The number of aryl methyl sites for hydroxylation is 2. The predicted octanol–water partition coefficient (Wildman–Crippen LogP) is 3.03. The van der Waals surface area contributed by atoms with Crippen LogP contribution in [0, 0.1) is 26.2 Å². The summed E-state index contributed by atoms with van der Waals surface area (Å²) in [5.74, 6) is 2.30. The van der Waals surface area contributed by atoms with E-state index >= 15 is 0 Å². The van der Waals surface area contributed by atoms with Gasteiger partial charge in [0.1, 0.15) is 0 Å². The second-order valence-electron chi connectivity index (χ2n) is 6.69. The van der Waals surface area contributed by atoms with Gasteiger partial charge in [-0.3, -0.25) is 4.79 Å². The Morgan fingerprint density at radius 1 is 1.21 bits per heavy atom. The van der Waals surface area contributed by atoms with E-state index in [2.05, 4.69) is 10.9 Å². The van der Waals surface area contributed by atoms with Crippen LogP contribution in [0.25, 0.3) is 10.2 Å². The predicted molar refractivity (Wildman–Crippen MR) is 112 cm³/mol. The average molecular weight is 413 g/mol. The number of rotatable bonds is 4. The summed E-state index contributed by atoms with van der Waals surface area (Å²) in [6.07, 6.45) is 6.84. The van der Waals surface area contributed by atoms with E-state index < -0.39 is 9.84 Å². The summed E-state index contributed by atoms with van der Waals surface area (Å²) in [6, 6.07) is 10.8. The molecule has 0 aliphatic rings. The molecule has 3 rings (SSSR count). The van der Waals surface area contributed by atoms with Crippen molar-refractivity contribution in [3.05, 3.63) is 57.9 Å². The molecule has 1 heterocycles. The maximum Gasteiger partial charge on any atom is 0.252 e. The lowest BCUT2D eigenvalue weighted by Gasteiger charge is -2.04. The molecule has 0 unspecified atom stereocenters. The average Bonchev–Trinajstić information content (AvgIpc) is 2.93. The Morgan fingerprint density at radius 2 is 1.96 bits per heavy atom. The second kappa shape index (κ2) is 7.74. The third-order valence-electron chi connectivity index (χ3n) is 4.39. The minimum Gasteiger partial charge on any atom is -0.305 e. The van der Waals surface area contributed by atoms with Crippen LogP contribution in [-0.2, 0) is 27.6 Å².